The molecule has 0 aromatic heterocycles. The summed E-state index contributed by atoms with van der Waals surface area (Å²) in [5.74, 6) is 0. The summed E-state index contributed by atoms with van der Waals surface area (Å²) in [6.45, 7) is 4.54. The van der Waals surface area contributed by atoms with Gasteiger partial charge in [0.15, 0.2) is 0 Å². The van der Waals surface area contributed by atoms with Gasteiger partial charge < -0.3 is 5.32 Å². The third-order valence-electron chi connectivity index (χ3n) is 5.59. The van der Waals surface area contributed by atoms with Gasteiger partial charge in [0, 0.05) is 0 Å². The van der Waals surface area contributed by atoms with E-state index in [0.29, 0.717) is 12.8 Å². The van der Waals surface area contributed by atoms with E-state index in [1.165, 1.54) is 77.0 Å². The lowest BCUT2D eigenvalue weighted by atomic mass is 10.1. The summed E-state index contributed by atoms with van der Waals surface area (Å²) in [4.78, 5) is 0. The molecule has 0 saturated carbocycles. The quantitative estimate of drug-likeness (QED) is 0.118. The van der Waals surface area contributed by atoms with E-state index in [9.17, 15) is 12.8 Å². The average Bonchev–Trinajstić information content (AvgIpc) is 2.76. The van der Waals surface area contributed by atoms with Gasteiger partial charge in [-0.25, -0.2) is 4.39 Å². The van der Waals surface area contributed by atoms with Crippen LogP contribution >= 0.6 is 0 Å². The molecule has 0 aliphatic heterocycles. The average molecular weight is 482 g/mol. The summed E-state index contributed by atoms with van der Waals surface area (Å²) < 4.78 is 42.5. The highest BCUT2D eigenvalue weighted by molar-refractivity contribution is 7.87. The second-order valence-corrected chi connectivity index (χ2v) is 10.8. The molecule has 196 valence electrons. The highest BCUT2D eigenvalue weighted by Crippen LogP contribution is 2.17. The summed E-state index contributed by atoms with van der Waals surface area (Å²) in [5.41, 5.74) is -1.87. The molecule has 0 aromatic carbocycles. The van der Waals surface area contributed by atoms with Crippen molar-refractivity contribution >= 4 is 10.1 Å². The van der Waals surface area contributed by atoms with Gasteiger partial charge in [0.1, 0.15) is 0 Å². The molecule has 0 heterocycles. The topological polar surface area (TPSA) is 55.4 Å². The van der Waals surface area contributed by atoms with Gasteiger partial charge in [0.25, 0.3) is 10.1 Å². The smallest absolute Gasteiger partial charge is 0.299 e. The third-order valence-corrected chi connectivity index (χ3v) is 6.95. The van der Waals surface area contributed by atoms with Crippen LogP contribution in [0.25, 0.3) is 0 Å². The molecule has 0 amide bonds. The Morgan fingerprint density at radius 3 is 1.31 bits per heavy atom. The van der Waals surface area contributed by atoms with E-state index in [0.717, 1.165) is 32.1 Å². The molecule has 0 bridgehead atoms. The molecule has 0 aromatic rings. The molecule has 1 atom stereocenters. The number of halogens is 1. The van der Waals surface area contributed by atoms with Crippen LogP contribution in [0.1, 0.15) is 142 Å². The lowest BCUT2D eigenvalue weighted by Gasteiger charge is -2.10. The Bertz CT molecular complexity index is 446. The summed E-state index contributed by atoms with van der Waals surface area (Å²) in [7, 11) is -0.293. The maximum atomic E-state index is 13.9. The van der Waals surface area contributed by atoms with Crippen molar-refractivity contribution in [1.29, 1.82) is 0 Å². The molecule has 4 nitrogen and oxygen atoms in total. The first-order chi connectivity index (χ1) is 15.5. The molecule has 1 N–H and O–H groups in total. The molecule has 0 spiro atoms. The summed E-state index contributed by atoms with van der Waals surface area (Å²) in [6, 6.07) is 0. The standard InChI is InChI=1S/C24H49FO3S.C2H7N/c1-3-5-7-9-11-12-13-14-15-17-19-21-23-28-29(26,27)24(25)22-20-18-16-10-8-6-4-2;1-3-2/h24H,3-23H2,1-2H3;3H,1-2H3. The molecule has 0 radical (unpaired) electrons. The van der Waals surface area contributed by atoms with Gasteiger partial charge >= 0.3 is 0 Å². The fourth-order valence-electron chi connectivity index (χ4n) is 3.60. The minimum absolute atomic E-state index is 0.0640. The van der Waals surface area contributed by atoms with Crippen LogP contribution in [0.4, 0.5) is 4.39 Å². The normalized spacial score (nSPS) is 12.4. The molecular formula is C26H56FNO3S. The lowest BCUT2D eigenvalue weighted by molar-refractivity contribution is 0.270. The van der Waals surface area contributed by atoms with Gasteiger partial charge in [-0.15, -0.1) is 0 Å². The van der Waals surface area contributed by atoms with Gasteiger partial charge in [-0.05, 0) is 33.4 Å². The number of hydrogen-bond donors (Lipinski definition) is 1. The zero-order valence-corrected chi connectivity index (χ0v) is 22.8. The van der Waals surface area contributed by atoms with Crippen LogP contribution in [0.15, 0.2) is 0 Å². The maximum Gasteiger partial charge on any atom is 0.299 e. The van der Waals surface area contributed by atoms with Crippen molar-refractivity contribution in [2.24, 2.45) is 0 Å². The largest absolute Gasteiger partial charge is 0.323 e. The Morgan fingerprint density at radius 2 is 0.938 bits per heavy atom. The van der Waals surface area contributed by atoms with E-state index >= 15 is 0 Å². The molecule has 6 heteroatoms. The highest BCUT2D eigenvalue weighted by atomic mass is 32.2. The minimum Gasteiger partial charge on any atom is -0.323 e. The van der Waals surface area contributed by atoms with Crippen molar-refractivity contribution in [1.82, 2.24) is 5.32 Å². The van der Waals surface area contributed by atoms with Gasteiger partial charge in [0.2, 0.25) is 5.50 Å². The first-order valence-electron chi connectivity index (χ1n) is 13.6. The molecule has 0 aliphatic carbocycles. The van der Waals surface area contributed by atoms with Crippen LogP contribution in [-0.2, 0) is 14.3 Å². The second kappa shape index (κ2) is 27.0. The van der Waals surface area contributed by atoms with Crippen molar-refractivity contribution in [2.75, 3.05) is 20.7 Å². The molecule has 0 rings (SSSR count). The minimum atomic E-state index is -4.04. The van der Waals surface area contributed by atoms with Gasteiger partial charge in [-0.2, -0.15) is 8.42 Å². The summed E-state index contributed by atoms with van der Waals surface area (Å²) >= 11 is 0. The van der Waals surface area contributed by atoms with Crippen LogP contribution in [0, 0.1) is 0 Å². The fraction of sp³-hybridized carbons (Fsp3) is 1.00. The SMILES string of the molecule is CCCCCCCCCCCCCCOS(=O)(=O)C(F)CCCCCCCCC.CNC. The molecule has 32 heavy (non-hydrogen) atoms. The fourth-order valence-corrected chi connectivity index (χ4v) is 4.55. The van der Waals surface area contributed by atoms with Gasteiger partial charge in [-0.1, -0.05) is 123 Å². The van der Waals surface area contributed by atoms with Crippen molar-refractivity contribution in [3.8, 4) is 0 Å². The van der Waals surface area contributed by atoms with Crippen molar-refractivity contribution < 1.29 is 17.0 Å². The van der Waals surface area contributed by atoms with Crippen LogP contribution in [-0.4, -0.2) is 34.6 Å². The van der Waals surface area contributed by atoms with Gasteiger partial charge in [-0.3, -0.25) is 4.18 Å². The van der Waals surface area contributed by atoms with Crippen LogP contribution < -0.4 is 5.32 Å². The Kier molecular flexibility index (Phi) is 28.7. The number of hydrogen-bond acceptors (Lipinski definition) is 4. The van der Waals surface area contributed by atoms with E-state index in [4.69, 9.17) is 4.18 Å². The van der Waals surface area contributed by atoms with E-state index < -0.39 is 15.6 Å². The predicted octanol–water partition coefficient (Wildman–Crippen LogP) is 8.31. The summed E-state index contributed by atoms with van der Waals surface area (Å²) in [5, 5.41) is 2.75. The Hall–Kier alpha value is -0.200. The molecular weight excluding hydrogens is 425 g/mol. The monoisotopic (exact) mass is 481 g/mol. The molecule has 1 unspecified atom stereocenters. The zero-order chi connectivity index (χ0) is 24.3. The first kappa shape index (κ1) is 34.0. The first-order valence-corrected chi connectivity index (χ1v) is 15.0. The third kappa shape index (κ3) is 26.1. The van der Waals surface area contributed by atoms with E-state index in [2.05, 4.69) is 19.2 Å². The lowest BCUT2D eigenvalue weighted by Crippen LogP contribution is -2.19. The van der Waals surface area contributed by atoms with E-state index in [1.54, 1.807) is 0 Å². The number of unbranched alkanes of at least 4 members (excludes halogenated alkanes) is 17. The number of nitrogens with one attached hydrogen (secondary N) is 1. The molecule has 0 aliphatic rings. The van der Waals surface area contributed by atoms with Crippen LogP contribution in [0.2, 0.25) is 0 Å². The number of alkyl halides is 1. The second-order valence-electron chi connectivity index (χ2n) is 9.02. The van der Waals surface area contributed by atoms with Crippen molar-refractivity contribution in [3.05, 3.63) is 0 Å². The number of rotatable bonds is 23. The van der Waals surface area contributed by atoms with Crippen LogP contribution in [0.5, 0.6) is 0 Å². The molecule has 0 fully saturated rings. The Balaban J connectivity index is 0. The van der Waals surface area contributed by atoms with E-state index in [-0.39, 0.29) is 13.0 Å². The Labute approximate surface area is 201 Å². The van der Waals surface area contributed by atoms with Crippen molar-refractivity contribution in [2.45, 2.75) is 148 Å². The maximum absolute atomic E-state index is 13.9. The van der Waals surface area contributed by atoms with Gasteiger partial charge in [0.05, 0.1) is 6.61 Å². The zero-order valence-electron chi connectivity index (χ0n) is 21.9. The molecule has 0 saturated heterocycles. The Morgan fingerprint density at radius 1 is 0.625 bits per heavy atom. The highest BCUT2D eigenvalue weighted by Gasteiger charge is 2.25. The van der Waals surface area contributed by atoms with E-state index in [1.807, 2.05) is 14.1 Å². The summed E-state index contributed by atoms with van der Waals surface area (Å²) in [6.07, 6.45) is 22.1. The van der Waals surface area contributed by atoms with Crippen molar-refractivity contribution in [3.63, 3.8) is 0 Å². The van der Waals surface area contributed by atoms with Crippen LogP contribution in [0.3, 0.4) is 0 Å². The predicted molar refractivity (Wildman–Crippen MR) is 138 cm³/mol.